The number of aromatic nitrogens is 1. The summed E-state index contributed by atoms with van der Waals surface area (Å²) in [5.74, 6) is 5.61. The molecular formula is C14H15Cl2N3. The highest BCUT2D eigenvalue weighted by Crippen LogP contribution is 2.22. The lowest BCUT2D eigenvalue weighted by atomic mass is 10.00. The molecule has 3 nitrogen and oxygen atoms in total. The Morgan fingerprint density at radius 3 is 2.47 bits per heavy atom. The molecule has 1 heterocycles. The average molecular weight is 296 g/mol. The van der Waals surface area contributed by atoms with Crippen molar-refractivity contribution >= 4 is 23.2 Å². The van der Waals surface area contributed by atoms with Crippen LogP contribution in [0.3, 0.4) is 0 Å². The van der Waals surface area contributed by atoms with Crippen molar-refractivity contribution in [2.75, 3.05) is 0 Å². The Labute approximate surface area is 122 Å². The minimum absolute atomic E-state index is 0.112. The largest absolute Gasteiger partial charge is 0.271 e. The zero-order chi connectivity index (χ0) is 13.7. The molecule has 0 saturated heterocycles. The van der Waals surface area contributed by atoms with Crippen LogP contribution in [-0.2, 0) is 12.8 Å². The van der Waals surface area contributed by atoms with Crippen LogP contribution in [0.25, 0.3) is 0 Å². The second-order valence-corrected chi connectivity index (χ2v) is 5.21. The summed E-state index contributed by atoms with van der Waals surface area (Å²) in [5, 5.41) is 1.31. The number of halogens is 2. The van der Waals surface area contributed by atoms with Crippen LogP contribution in [0, 0.1) is 0 Å². The fourth-order valence-corrected chi connectivity index (χ4v) is 2.43. The van der Waals surface area contributed by atoms with Crippen LogP contribution >= 0.6 is 23.2 Å². The zero-order valence-electron chi connectivity index (χ0n) is 10.3. The number of hydrogen-bond acceptors (Lipinski definition) is 3. The van der Waals surface area contributed by atoms with Gasteiger partial charge in [0, 0.05) is 28.5 Å². The first-order valence-electron chi connectivity index (χ1n) is 5.98. The first-order chi connectivity index (χ1) is 9.19. The van der Waals surface area contributed by atoms with Gasteiger partial charge in [0.2, 0.25) is 0 Å². The van der Waals surface area contributed by atoms with Gasteiger partial charge in [-0.25, -0.2) is 0 Å². The molecule has 3 N–H and O–H groups in total. The van der Waals surface area contributed by atoms with Crippen molar-refractivity contribution in [3.8, 4) is 0 Å². The van der Waals surface area contributed by atoms with Gasteiger partial charge in [0.25, 0.3) is 0 Å². The molecule has 0 spiro atoms. The molecule has 1 aromatic carbocycles. The summed E-state index contributed by atoms with van der Waals surface area (Å²) < 4.78 is 0. The van der Waals surface area contributed by atoms with Gasteiger partial charge in [-0.05, 0) is 48.2 Å². The molecule has 19 heavy (non-hydrogen) atoms. The van der Waals surface area contributed by atoms with Gasteiger partial charge < -0.3 is 0 Å². The van der Waals surface area contributed by atoms with Gasteiger partial charge in [0.15, 0.2) is 0 Å². The number of nitrogens with one attached hydrogen (secondary N) is 1. The Hall–Kier alpha value is -1.13. The van der Waals surface area contributed by atoms with Crippen molar-refractivity contribution in [3.63, 3.8) is 0 Å². The zero-order valence-corrected chi connectivity index (χ0v) is 11.8. The number of nitrogens with two attached hydrogens (primary N) is 1. The standard InChI is InChI=1S/C14H15Cl2N3/c15-12-2-1-11(14(16)9-12)8-13(19-17)7-10-3-5-18-6-4-10/h1-6,9,13,19H,7-8,17H2. The van der Waals surface area contributed by atoms with Crippen molar-refractivity contribution < 1.29 is 0 Å². The van der Waals surface area contributed by atoms with E-state index in [4.69, 9.17) is 29.0 Å². The summed E-state index contributed by atoms with van der Waals surface area (Å²) in [7, 11) is 0. The van der Waals surface area contributed by atoms with Crippen molar-refractivity contribution in [1.82, 2.24) is 10.4 Å². The van der Waals surface area contributed by atoms with Crippen molar-refractivity contribution in [1.29, 1.82) is 0 Å². The van der Waals surface area contributed by atoms with E-state index >= 15 is 0 Å². The van der Waals surface area contributed by atoms with Crippen molar-refractivity contribution in [2.45, 2.75) is 18.9 Å². The minimum atomic E-state index is 0.112. The van der Waals surface area contributed by atoms with Crippen LogP contribution in [0.2, 0.25) is 10.0 Å². The Kier molecular flexibility index (Phi) is 5.16. The number of hydrogen-bond donors (Lipinski definition) is 2. The Bertz CT molecular complexity index is 531. The predicted molar refractivity (Wildman–Crippen MR) is 79.2 cm³/mol. The highest BCUT2D eigenvalue weighted by Gasteiger charge is 2.11. The molecule has 0 bridgehead atoms. The monoisotopic (exact) mass is 295 g/mol. The third-order valence-corrected chi connectivity index (χ3v) is 3.54. The summed E-state index contributed by atoms with van der Waals surface area (Å²) in [6, 6.07) is 9.59. The normalized spacial score (nSPS) is 12.4. The van der Waals surface area contributed by atoms with E-state index in [2.05, 4.69) is 10.4 Å². The smallest absolute Gasteiger partial charge is 0.0453 e. The van der Waals surface area contributed by atoms with E-state index in [9.17, 15) is 0 Å². The van der Waals surface area contributed by atoms with Gasteiger partial charge in [-0.15, -0.1) is 0 Å². The van der Waals surface area contributed by atoms with Crippen LogP contribution in [0.15, 0.2) is 42.7 Å². The Morgan fingerprint density at radius 2 is 1.84 bits per heavy atom. The summed E-state index contributed by atoms with van der Waals surface area (Å²) in [4.78, 5) is 4.00. The maximum atomic E-state index is 6.17. The summed E-state index contributed by atoms with van der Waals surface area (Å²) in [6.07, 6.45) is 5.11. The highest BCUT2D eigenvalue weighted by atomic mass is 35.5. The lowest BCUT2D eigenvalue weighted by Gasteiger charge is -2.16. The summed E-state index contributed by atoms with van der Waals surface area (Å²) >= 11 is 12.1. The Balaban J connectivity index is 2.06. The second kappa shape index (κ2) is 6.87. The van der Waals surface area contributed by atoms with Crippen molar-refractivity contribution in [3.05, 3.63) is 63.9 Å². The van der Waals surface area contributed by atoms with Crippen molar-refractivity contribution in [2.24, 2.45) is 5.84 Å². The molecule has 5 heteroatoms. The van der Waals surface area contributed by atoms with Gasteiger partial charge in [-0.2, -0.15) is 0 Å². The molecular weight excluding hydrogens is 281 g/mol. The van der Waals surface area contributed by atoms with Gasteiger partial charge in [0.05, 0.1) is 0 Å². The lowest BCUT2D eigenvalue weighted by Crippen LogP contribution is -2.38. The van der Waals surface area contributed by atoms with Gasteiger partial charge in [-0.1, -0.05) is 29.3 Å². The number of hydrazine groups is 1. The maximum Gasteiger partial charge on any atom is 0.0453 e. The molecule has 0 radical (unpaired) electrons. The molecule has 2 rings (SSSR count). The molecule has 2 aromatic rings. The SMILES string of the molecule is NNC(Cc1ccncc1)Cc1ccc(Cl)cc1Cl. The molecule has 1 aromatic heterocycles. The number of pyridine rings is 1. The molecule has 1 unspecified atom stereocenters. The third kappa shape index (κ3) is 4.18. The fraction of sp³-hybridized carbons (Fsp3) is 0.214. The fourth-order valence-electron chi connectivity index (χ4n) is 1.95. The molecule has 0 saturated carbocycles. The van der Waals surface area contributed by atoms with Gasteiger partial charge in [0.1, 0.15) is 0 Å². The van der Waals surface area contributed by atoms with Crippen LogP contribution < -0.4 is 11.3 Å². The molecule has 1 atom stereocenters. The summed E-state index contributed by atoms with van der Waals surface area (Å²) in [6.45, 7) is 0. The average Bonchev–Trinajstić information content (AvgIpc) is 2.42. The quantitative estimate of drug-likeness (QED) is 0.658. The molecule has 0 fully saturated rings. The van der Waals surface area contributed by atoms with Crippen LogP contribution in [0.1, 0.15) is 11.1 Å². The van der Waals surface area contributed by atoms with E-state index < -0.39 is 0 Å². The van der Waals surface area contributed by atoms with E-state index in [0.29, 0.717) is 10.0 Å². The molecule has 0 aliphatic carbocycles. The molecule has 0 amide bonds. The molecule has 0 aliphatic rings. The Morgan fingerprint density at radius 1 is 1.11 bits per heavy atom. The number of rotatable bonds is 5. The predicted octanol–water partition coefficient (Wildman–Crippen LogP) is 3.01. The topological polar surface area (TPSA) is 50.9 Å². The van der Waals surface area contributed by atoms with E-state index in [1.54, 1.807) is 18.5 Å². The van der Waals surface area contributed by atoms with Gasteiger partial charge in [-0.3, -0.25) is 16.3 Å². The van der Waals surface area contributed by atoms with E-state index in [0.717, 1.165) is 18.4 Å². The number of nitrogens with zero attached hydrogens (tertiary/aromatic N) is 1. The van der Waals surface area contributed by atoms with E-state index in [1.807, 2.05) is 24.3 Å². The van der Waals surface area contributed by atoms with Crippen LogP contribution in [0.5, 0.6) is 0 Å². The van der Waals surface area contributed by atoms with Crippen LogP contribution in [0.4, 0.5) is 0 Å². The number of benzene rings is 1. The third-order valence-electron chi connectivity index (χ3n) is 2.95. The first-order valence-corrected chi connectivity index (χ1v) is 6.73. The lowest BCUT2D eigenvalue weighted by molar-refractivity contribution is 0.522. The maximum absolute atomic E-state index is 6.17. The highest BCUT2D eigenvalue weighted by molar-refractivity contribution is 6.35. The van der Waals surface area contributed by atoms with Gasteiger partial charge >= 0.3 is 0 Å². The molecule has 0 aliphatic heterocycles. The summed E-state index contributed by atoms with van der Waals surface area (Å²) in [5.41, 5.74) is 5.04. The first kappa shape index (κ1) is 14.3. The minimum Gasteiger partial charge on any atom is -0.271 e. The van der Waals surface area contributed by atoms with E-state index in [-0.39, 0.29) is 6.04 Å². The van der Waals surface area contributed by atoms with E-state index in [1.165, 1.54) is 5.56 Å². The van der Waals surface area contributed by atoms with Crippen LogP contribution in [-0.4, -0.2) is 11.0 Å². The molecule has 100 valence electrons. The second-order valence-electron chi connectivity index (χ2n) is 4.36.